The second-order valence-corrected chi connectivity index (χ2v) is 8.72. The molecule has 2 N–H and O–H groups in total. The number of aromatic amines is 1. The van der Waals surface area contributed by atoms with Gasteiger partial charge < -0.3 is 14.8 Å². The number of carbonyl (C=O) groups excluding carboxylic acids is 2. The molecule has 3 amide bonds. The number of aromatic hydroxyl groups is 1. The minimum Gasteiger partial charge on any atom is -0.504 e. The van der Waals surface area contributed by atoms with Gasteiger partial charge in [0.2, 0.25) is 0 Å². The van der Waals surface area contributed by atoms with E-state index >= 15 is 0 Å². The molecule has 0 aliphatic carbocycles. The van der Waals surface area contributed by atoms with Gasteiger partial charge in [-0.3, -0.25) is 14.6 Å². The van der Waals surface area contributed by atoms with E-state index in [0.717, 1.165) is 27.7 Å². The summed E-state index contributed by atoms with van der Waals surface area (Å²) in [6.07, 6.45) is 0.438. The number of carbonyl (C=O) groups is 2. The summed E-state index contributed by atoms with van der Waals surface area (Å²) in [4.78, 5) is 33.7. The number of phenols is 1. The van der Waals surface area contributed by atoms with Crippen LogP contribution in [0.2, 0.25) is 0 Å². The van der Waals surface area contributed by atoms with Crippen LogP contribution in [0.3, 0.4) is 0 Å². The zero-order valence-corrected chi connectivity index (χ0v) is 18.6. The predicted octanol–water partition coefficient (Wildman–Crippen LogP) is 4.36. The molecule has 0 radical (unpaired) electrons. The Morgan fingerprint density at radius 2 is 1.79 bits per heavy atom. The van der Waals surface area contributed by atoms with Gasteiger partial charge in [0, 0.05) is 23.0 Å². The van der Waals surface area contributed by atoms with E-state index in [2.05, 4.69) is 4.98 Å². The first kappa shape index (κ1) is 20.4. The molecule has 2 aliphatic rings. The summed E-state index contributed by atoms with van der Waals surface area (Å²) >= 11 is 0. The van der Waals surface area contributed by atoms with Crippen LogP contribution in [0.25, 0.3) is 10.9 Å². The maximum atomic E-state index is 13.7. The van der Waals surface area contributed by atoms with Crippen LogP contribution in [0.4, 0.5) is 4.79 Å². The average Bonchev–Trinajstić information content (AvgIpc) is 3.34. The Kier molecular flexibility index (Phi) is 4.58. The van der Waals surface area contributed by atoms with Crippen LogP contribution in [0.15, 0.2) is 72.8 Å². The molecule has 3 aromatic carbocycles. The Balaban J connectivity index is 1.49. The molecule has 7 nitrogen and oxygen atoms in total. The SMILES string of the molecule is COc1ccc([C@@H]2c3[nH]c4ccccc4c3C[C@H]3C(=O)N(Cc4ccccc4)C(=O)N23)cc1O. The quantitative estimate of drug-likeness (QED) is 0.450. The molecule has 7 heteroatoms. The number of hydrogen-bond donors (Lipinski definition) is 2. The maximum absolute atomic E-state index is 13.7. The van der Waals surface area contributed by atoms with Gasteiger partial charge in [-0.2, -0.15) is 0 Å². The molecule has 3 heterocycles. The number of amides is 3. The largest absolute Gasteiger partial charge is 0.504 e. The van der Waals surface area contributed by atoms with Gasteiger partial charge in [0.1, 0.15) is 12.1 Å². The molecule has 0 spiro atoms. The molecular formula is C27H23N3O4. The number of rotatable bonds is 4. The van der Waals surface area contributed by atoms with Crippen LogP contribution in [0.5, 0.6) is 11.5 Å². The molecule has 0 saturated carbocycles. The van der Waals surface area contributed by atoms with Crippen LogP contribution in [0, 0.1) is 0 Å². The van der Waals surface area contributed by atoms with Crippen molar-refractivity contribution in [3.05, 3.63) is 95.2 Å². The summed E-state index contributed by atoms with van der Waals surface area (Å²) in [6, 6.07) is 21.1. The van der Waals surface area contributed by atoms with Crippen molar-refractivity contribution in [2.45, 2.75) is 25.0 Å². The van der Waals surface area contributed by atoms with E-state index in [4.69, 9.17) is 4.74 Å². The van der Waals surface area contributed by atoms with E-state index in [-0.39, 0.29) is 24.2 Å². The molecule has 1 aromatic heterocycles. The molecule has 34 heavy (non-hydrogen) atoms. The lowest BCUT2D eigenvalue weighted by Gasteiger charge is -2.36. The highest BCUT2D eigenvalue weighted by molar-refractivity contribution is 6.05. The number of fused-ring (bicyclic) bond motifs is 4. The van der Waals surface area contributed by atoms with Crippen LogP contribution in [0.1, 0.15) is 28.4 Å². The first-order valence-corrected chi connectivity index (χ1v) is 11.2. The Hall–Kier alpha value is -4.26. The fraction of sp³-hybridized carbons (Fsp3) is 0.185. The number of ether oxygens (including phenoxy) is 1. The summed E-state index contributed by atoms with van der Waals surface area (Å²) in [6.45, 7) is 0.223. The van der Waals surface area contributed by atoms with E-state index in [1.807, 2.05) is 60.7 Å². The Labute approximate surface area is 196 Å². The van der Waals surface area contributed by atoms with E-state index in [1.54, 1.807) is 17.0 Å². The summed E-state index contributed by atoms with van der Waals surface area (Å²) in [5, 5.41) is 11.5. The molecule has 2 atom stereocenters. The van der Waals surface area contributed by atoms with Crippen LogP contribution < -0.4 is 4.74 Å². The molecule has 1 fully saturated rings. The number of para-hydroxylation sites is 1. The van der Waals surface area contributed by atoms with E-state index in [0.29, 0.717) is 17.7 Å². The van der Waals surface area contributed by atoms with E-state index in [9.17, 15) is 14.7 Å². The first-order chi connectivity index (χ1) is 16.6. The lowest BCUT2D eigenvalue weighted by molar-refractivity contribution is -0.129. The van der Waals surface area contributed by atoms with Crippen molar-refractivity contribution in [3.8, 4) is 11.5 Å². The van der Waals surface area contributed by atoms with Crippen LogP contribution >= 0.6 is 0 Å². The number of nitrogens with one attached hydrogen (secondary N) is 1. The fourth-order valence-electron chi connectivity index (χ4n) is 5.26. The highest BCUT2D eigenvalue weighted by atomic mass is 16.5. The van der Waals surface area contributed by atoms with Crippen LogP contribution in [-0.4, -0.2) is 45.0 Å². The van der Waals surface area contributed by atoms with Gasteiger partial charge in [0.15, 0.2) is 11.5 Å². The molecular weight excluding hydrogens is 430 g/mol. The zero-order chi connectivity index (χ0) is 23.4. The van der Waals surface area contributed by atoms with Crippen molar-refractivity contribution < 1.29 is 19.4 Å². The molecule has 170 valence electrons. The van der Waals surface area contributed by atoms with E-state index in [1.165, 1.54) is 12.0 Å². The monoisotopic (exact) mass is 453 g/mol. The van der Waals surface area contributed by atoms with Gasteiger partial charge in [-0.1, -0.05) is 54.6 Å². The van der Waals surface area contributed by atoms with Crippen LogP contribution in [-0.2, 0) is 17.8 Å². The second kappa shape index (κ2) is 7.66. The number of hydrogen-bond acceptors (Lipinski definition) is 4. The third kappa shape index (κ3) is 2.97. The van der Waals surface area contributed by atoms with Crippen molar-refractivity contribution in [1.29, 1.82) is 0 Å². The normalized spacial score (nSPS) is 19.4. The predicted molar refractivity (Wildman–Crippen MR) is 127 cm³/mol. The summed E-state index contributed by atoms with van der Waals surface area (Å²) in [5.41, 5.74) is 4.45. The molecule has 0 unspecified atom stereocenters. The average molecular weight is 453 g/mol. The van der Waals surface area contributed by atoms with Crippen molar-refractivity contribution >= 4 is 22.8 Å². The van der Waals surface area contributed by atoms with Gasteiger partial charge >= 0.3 is 6.03 Å². The molecule has 4 aromatic rings. The molecule has 2 aliphatic heterocycles. The van der Waals surface area contributed by atoms with Gasteiger partial charge in [-0.25, -0.2) is 4.79 Å². The Bertz CT molecular complexity index is 1430. The van der Waals surface area contributed by atoms with Crippen molar-refractivity contribution in [3.63, 3.8) is 0 Å². The lowest BCUT2D eigenvalue weighted by Crippen LogP contribution is -2.44. The Morgan fingerprint density at radius 3 is 2.56 bits per heavy atom. The summed E-state index contributed by atoms with van der Waals surface area (Å²) in [7, 11) is 1.49. The summed E-state index contributed by atoms with van der Waals surface area (Å²) < 4.78 is 5.21. The number of phenolic OH excluding ortho intramolecular Hbond substituents is 1. The van der Waals surface area contributed by atoms with Crippen molar-refractivity contribution in [2.75, 3.05) is 7.11 Å². The highest BCUT2D eigenvalue weighted by Crippen LogP contribution is 2.45. The Morgan fingerprint density at radius 1 is 1.03 bits per heavy atom. The van der Waals surface area contributed by atoms with E-state index < -0.39 is 12.1 Å². The maximum Gasteiger partial charge on any atom is 0.328 e. The number of aromatic nitrogens is 1. The third-order valence-corrected chi connectivity index (χ3v) is 6.84. The number of imide groups is 1. The standard InChI is InChI=1S/C27H23N3O4/c1-34-23-12-11-17(13-22(23)31)25-24-19(18-9-5-6-10-20(18)28-24)14-21-26(32)29(27(33)30(21)25)15-16-7-3-2-4-8-16/h2-13,21,25,28,31H,14-15H2,1H3/t21-,25+/m0/s1. The minimum atomic E-state index is -0.614. The number of methoxy groups -OCH3 is 1. The number of H-pyrrole nitrogens is 1. The summed E-state index contributed by atoms with van der Waals surface area (Å²) in [5.74, 6) is 0.133. The van der Waals surface area contributed by atoms with Gasteiger partial charge in [0.05, 0.1) is 13.7 Å². The zero-order valence-electron chi connectivity index (χ0n) is 18.6. The number of nitrogens with zero attached hydrogens (tertiary/aromatic N) is 2. The van der Waals surface area contributed by atoms with Crippen molar-refractivity contribution in [1.82, 2.24) is 14.8 Å². The third-order valence-electron chi connectivity index (χ3n) is 6.84. The van der Waals surface area contributed by atoms with Gasteiger partial charge in [-0.15, -0.1) is 0 Å². The highest BCUT2D eigenvalue weighted by Gasteiger charge is 2.52. The van der Waals surface area contributed by atoms with Crippen molar-refractivity contribution in [2.24, 2.45) is 0 Å². The number of urea groups is 1. The fourth-order valence-corrected chi connectivity index (χ4v) is 5.26. The number of benzene rings is 3. The molecule has 6 rings (SSSR count). The second-order valence-electron chi connectivity index (χ2n) is 8.72. The first-order valence-electron chi connectivity index (χ1n) is 11.2. The molecule has 1 saturated heterocycles. The van der Waals surface area contributed by atoms with Gasteiger partial charge in [-0.05, 0) is 34.9 Å². The van der Waals surface area contributed by atoms with Gasteiger partial charge in [0.25, 0.3) is 5.91 Å². The smallest absolute Gasteiger partial charge is 0.328 e. The molecule has 0 bridgehead atoms. The lowest BCUT2D eigenvalue weighted by atomic mass is 9.88. The minimum absolute atomic E-state index is 0.0149. The topological polar surface area (TPSA) is 85.9 Å².